The van der Waals surface area contributed by atoms with E-state index in [1.54, 1.807) is 0 Å². The molecule has 0 N–H and O–H groups in total. The second-order valence-electron chi connectivity index (χ2n) is 2.02. The van der Waals surface area contributed by atoms with Gasteiger partial charge < -0.3 is 0 Å². The van der Waals surface area contributed by atoms with Crippen molar-refractivity contribution in [2.24, 2.45) is 0 Å². The van der Waals surface area contributed by atoms with Crippen LogP contribution in [0.1, 0.15) is 19.8 Å². The molecule has 0 unspecified atom stereocenters. The van der Waals surface area contributed by atoms with E-state index in [2.05, 4.69) is 35.3 Å². The van der Waals surface area contributed by atoms with E-state index in [0.29, 0.717) is 10.5 Å². The molecule has 0 spiro atoms. The van der Waals surface area contributed by atoms with E-state index in [1.807, 2.05) is 0 Å². The van der Waals surface area contributed by atoms with Gasteiger partial charge in [-0.05, 0) is 17.2 Å². The van der Waals surface area contributed by atoms with E-state index in [4.69, 9.17) is 0 Å². The number of allylic oxidation sites excluding steroid dienone is 2. The van der Waals surface area contributed by atoms with Crippen molar-refractivity contribution in [2.45, 2.75) is 19.8 Å². The van der Waals surface area contributed by atoms with E-state index in [1.165, 1.54) is 12.8 Å². The SMILES string of the molecule is CCCC=S1C=CC=C1. The maximum atomic E-state index is 2.38. The molecule has 0 saturated carbocycles. The normalized spacial score (nSPS) is 17.0. The van der Waals surface area contributed by atoms with Crippen LogP contribution in [-0.2, 0) is 0 Å². The molecule has 0 nitrogen and oxygen atoms in total. The molecule has 0 fully saturated rings. The molecule has 1 heterocycles. The maximum absolute atomic E-state index is 2.38. The van der Waals surface area contributed by atoms with Gasteiger partial charge >= 0.3 is 0 Å². The van der Waals surface area contributed by atoms with Crippen LogP contribution in [-0.4, -0.2) is 5.37 Å². The minimum Gasteiger partial charge on any atom is -0.142 e. The minimum atomic E-state index is 0.387. The molecule has 0 bridgehead atoms. The average molecular weight is 140 g/mol. The third-order valence-corrected chi connectivity index (χ3v) is 2.74. The number of hydrogen-bond donors (Lipinski definition) is 0. The molecule has 50 valence electrons. The highest BCUT2D eigenvalue weighted by Crippen LogP contribution is 2.21. The van der Waals surface area contributed by atoms with Crippen LogP contribution >= 0.6 is 10.5 Å². The van der Waals surface area contributed by atoms with Crippen molar-refractivity contribution in [1.82, 2.24) is 0 Å². The Hall–Kier alpha value is -0.300. The molecule has 0 atom stereocenters. The van der Waals surface area contributed by atoms with E-state index in [9.17, 15) is 0 Å². The zero-order valence-electron chi connectivity index (χ0n) is 5.71. The molecule has 1 rings (SSSR count). The van der Waals surface area contributed by atoms with Gasteiger partial charge in [0.1, 0.15) is 0 Å². The second-order valence-corrected chi connectivity index (χ2v) is 3.71. The Labute approximate surface area is 59.2 Å². The highest BCUT2D eigenvalue weighted by atomic mass is 32.2. The third kappa shape index (κ3) is 2.19. The van der Waals surface area contributed by atoms with Crippen LogP contribution in [0.4, 0.5) is 0 Å². The van der Waals surface area contributed by atoms with E-state index in [-0.39, 0.29) is 0 Å². The first-order chi connectivity index (χ1) is 4.43. The largest absolute Gasteiger partial charge is 0.142 e. The standard InChI is InChI=1S/C8H12S/c1-2-3-6-9-7-4-5-8-9/h4-8H,2-3H2,1H3. The van der Waals surface area contributed by atoms with Crippen molar-refractivity contribution in [3.05, 3.63) is 23.0 Å². The summed E-state index contributed by atoms with van der Waals surface area (Å²) in [5.41, 5.74) is 0. The first-order valence-corrected chi connectivity index (χ1v) is 4.74. The molecule has 1 aliphatic rings. The van der Waals surface area contributed by atoms with Crippen molar-refractivity contribution in [3.63, 3.8) is 0 Å². The Morgan fingerprint density at radius 1 is 1.33 bits per heavy atom. The van der Waals surface area contributed by atoms with Crippen LogP contribution in [0.3, 0.4) is 0 Å². The van der Waals surface area contributed by atoms with Crippen LogP contribution in [0.5, 0.6) is 0 Å². The summed E-state index contributed by atoms with van der Waals surface area (Å²) in [4.78, 5) is 0. The van der Waals surface area contributed by atoms with Crippen molar-refractivity contribution >= 4 is 15.9 Å². The van der Waals surface area contributed by atoms with E-state index < -0.39 is 0 Å². The molecule has 1 aliphatic heterocycles. The van der Waals surface area contributed by atoms with Gasteiger partial charge in [0.25, 0.3) is 0 Å². The smallest absolute Gasteiger partial charge is 0.0292 e. The van der Waals surface area contributed by atoms with Gasteiger partial charge in [0.2, 0.25) is 0 Å². The van der Waals surface area contributed by atoms with Gasteiger partial charge in [0.05, 0.1) is 0 Å². The van der Waals surface area contributed by atoms with E-state index >= 15 is 0 Å². The maximum Gasteiger partial charge on any atom is -0.0292 e. The Morgan fingerprint density at radius 3 is 2.56 bits per heavy atom. The monoisotopic (exact) mass is 140 g/mol. The predicted molar refractivity (Wildman–Crippen MR) is 46.8 cm³/mol. The summed E-state index contributed by atoms with van der Waals surface area (Å²) >= 11 is 0. The summed E-state index contributed by atoms with van der Waals surface area (Å²) < 4.78 is 0. The first kappa shape index (κ1) is 6.81. The quantitative estimate of drug-likeness (QED) is 0.517. The van der Waals surface area contributed by atoms with Gasteiger partial charge in [-0.1, -0.05) is 30.9 Å². The number of hydrogen-bond acceptors (Lipinski definition) is 0. The third-order valence-electron chi connectivity index (χ3n) is 1.18. The average Bonchev–Trinajstić information content (AvgIpc) is 2.34. The van der Waals surface area contributed by atoms with Crippen molar-refractivity contribution in [3.8, 4) is 0 Å². The lowest BCUT2D eigenvalue weighted by Crippen LogP contribution is -1.68. The van der Waals surface area contributed by atoms with Crippen LogP contribution in [0.25, 0.3) is 0 Å². The van der Waals surface area contributed by atoms with Gasteiger partial charge in [0, 0.05) is 0 Å². The Kier molecular flexibility index (Phi) is 2.78. The van der Waals surface area contributed by atoms with Crippen LogP contribution in [0.2, 0.25) is 0 Å². The molecule has 0 aromatic heterocycles. The van der Waals surface area contributed by atoms with Gasteiger partial charge in [-0.25, -0.2) is 0 Å². The lowest BCUT2D eigenvalue weighted by atomic mass is 10.4. The van der Waals surface area contributed by atoms with Crippen molar-refractivity contribution in [1.29, 1.82) is 0 Å². The second kappa shape index (κ2) is 3.67. The lowest BCUT2D eigenvalue weighted by Gasteiger charge is -1.89. The van der Waals surface area contributed by atoms with Crippen LogP contribution in [0.15, 0.2) is 23.0 Å². The Bertz CT molecular complexity index is 149. The topological polar surface area (TPSA) is 0 Å². The number of unbranched alkanes of at least 4 members (excludes halogenated alkanes) is 1. The Balaban J connectivity index is 2.42. The molecule has 9 heavy (non-hydrogen) atoms. The summed E-state index contributed by atoms with van der Waals surface area (Å²) in [7, 11) is 0.387. The summed E-state index contributed by atoms with van der Waals surface area (Å²) in [5.74, 6) is 0. The summed E-state index contributed by atoms with van der Waals surface area (Å²) in [5, 5.41) is 6.87. The van der Waals surface area contributed by atoms with Gasteiger partial charge in [-0.15, -0.1) is 10.5 Å². The predicted octanol–water partition coefficient (Wildman–Crippen LogP) is 2.90. The zero-order chi connectivity index (χ0) is 6.53. The molecule has 1 heteroatoms. The molecular formula is C8H12S. The van der Waals surface area contributed by atoms with Gasteiger partial charge in [-0.3, -0.25) is 0 Å². The highest BCUT2D eigenvalue weighted by molar-refractivity contribution is 8.20. The van der Waals surface area contributed by atoms with Crippen LogP contribution in [0, 0.1) is 0 Å². The van der Waals surface area contributed by atoms with Crippen molar-refractivity contribution < 1.29 is 0 Å². The van der Waals surface area contributed by atoms with Crippen LogP contribution < -0.4 is 0 Å². The zero-order valence-corrected chi connectivity index (χ0v) is 6.53. The molecule has 0 aromatic rings. The fourth-order valence-corrected chi connectivity index (χ4v) is 2.05. The first-order valence-electron chi connectivity index (χ1n) is 3.32. The van der Waals surface area contributed by atoms with Crippen molar-refractivity contribution in [2.75, 3.05) is 0 Å². The molecule has 0 saturated heterocycles. The van der Waals surface area contributed by atoms with Gasteiger partial charge in [0.15, 0.2) is 0 Å². The van der Waals surface area contributed by atoms with E-state index in [0.717, 1.165) is 0 Å². The molecule has 0 aromatic carbocycles. The molecule has 0 amide bonds. The minimum absolute atomic E-state index is 0.387. The number of rotatable bonds is 2. The Morgan fingerprint density at radius 2 is 2.00 bits per heavy atom. The molecule has 0 radical (unpaired) electrons. The highest BCUT2D eigenvalue weighted by Gasteiger charge is 1.85. The fourth-order valence-electron chi connectivity index (χ4n) is 0.683. The molecular weight excluding hydrogens is 128 g/mol. The fraction of sp³-hybridized carbons (Fsp3) is 0.375. The molecule has 0 aliphatic carbocycles. The van der Waals surface area contributed by atoms with Gasteiger partial charge in [-0.2, -0.15) is 0 Å². The summed E-state index contributed by atoms with van der Waals surface area (Å²) in [6, 6.07) is 0. The summed E-state index contributed by atoms with van der Waals surface area (Å²) in [6.45, 7) is 2.21. The lowest BCUT2D eigenvalue weighted by molar-refractivity contribution is 1.02. The summed E-state index contributed by atoms with van der Waals surface area (Å²) in [6.07, 6.45) is 6.76.